The number of hydrogen-bond acceptors (Lipinski definition) is 5. The Kier molecular flexibility index (Phi) is 5.18. The van der Waals surface area contributed by atoms with Crippen LogP contribution in [0.4, 0.5) is 5.69 Å². The molecule has 29 heavy (non-hydrogen) atoms. The molecule has 0 spiro atoms. The third-order valence-corrected chi connectivity index (χ3v) is 5.28. The van der Waals surface area contributed by atoms with Gasteiger partial charge in [-0.15, -0.1) is 0 Å². The number of rotatable bonds is 5. The summed E-state index contributed by atoms with van der Waals surface area (Å²) in [6.45, 7) is 3.94. The quantitative estimate of drug-likeness (QED) is 0.392. The molecule has 0 saturated carbocycles. The molecular formula is C21H19N5O2S. The predicted octanol–water partition coefficient (Wildman–Crippen LogP) is 3.46. The van der Waals surface area contributed by atoms with Crippen molar-refractivity contribution in [1.29, 1.82) is 0 Å². The summed E-state index contributed by atoms with van der Waals surface area (Å²) in [5.41, 5.74) is 3.86. The van der Waals surface area contributed by atoms with Gasteiger partial charge in [0.2, 0.25) is 5.91 Å². The van der Waals surface area contributed by atoms with E-state index in [-0.39, 0.29) is 17.2 Å². The second-order valence-corrected chi connectivity index (χ2v) is 7.62. The maximum absolute atomic E-state index is 12.4. The van der Waals surface area contributed by atoms with Gasteiger partial charge in [0, 0.05) is 5.69 Å². The highest BCUT2D eigenvalue weighted by Gasteiger charge is 2.14. The van der Waals surface area contributed by atoms with Crippen LogP contribution in [0, 0.1) is 13.8 Å². The van der Waals surface area contributed by atoms with Crippen molar-refractivity contribution in [3.8, 4) is 5.69 Å². The Balaban J connectivity index is 1.57. The minimum atomic E-state index is -0.281. The number of amides is 1. The van der Waals surface area contributed by atoms with Crippen LogP contribution in [0.15, 0.2) is 64.7 Å². The number of fused-ring (bicyclic) bond motifs is 1. The molecule has 0 aliphatic carbocycles. The zero-order chi connectivity index (χ0) is 20.4. The highest BCUT2D eigenvalue weighted by molar-refractivity contribution is 7.99. The summed E-state index contributed by atoms with van der Waals surface area (Å²) in [5, 5.41) is 7.96. The van der Waals surface area contributed by atoms with E-state index in [2.05, 4.69) is 20.4 Å². The molecule has 2 aromatic carbocycles. The summed E-state index contributed by atoms with van der Waals surface area (Å²) in [5.74, 6) is -0.0447. The van der Waals surface area contributed by atoms with Gasteiger partial charge < -0.3 is 10.3 Å². The third-order valence-electron chi connectivity index (χ3n) is 4.40. The van der Waals surface area contributed by atoms with E-state index in [9.17, 15) is 9.59 Å². The van der Waals surface area contributed by atoms with E-state index >= 15 is 0 Å². The number of H-pyrrole nitrogens is 1. The van der Waals surface area contributed by atoms with Crippen molar-refractivity contribution in [2.24, 2.45) is 0 Å². The number of nitrogens with zero attached hydrogens (tertiary/aromatic N) is 3. The van der Waals surface area contributed by atoms with Gasteiger partial charge in [-0.1, -0.05) is 42.1 Å². The molecule has 7 nitrogen and oxygen atoms in total. The van der Waals surface area contributed by atoms with Crippen LogP contribution in [0.25, 0.3) is 16.7 Å². The van der Waals surface area contributed by atoms with Gasteiger partial charge in [0.25, 0.3) is 5.56 Å². The molecule has 0 atom stereocenters. The SMILES string of the molecule is Cc1cccc(NC(=O)CSc2nc3c(cnn3-c3ccccc3C)c(=O)[nH]2)c1. The Morgan fingerprint density at radius 1 is 1.17 bits per heavy atom. The fourth-order valence-corrected chi connectivity index (χ4v) is 3.65. The van der Waals surface area contributed by atoms with Crippen LogP contribution in [0.5, 0.6) is 0 Å². The topological polar surface area (TPSA) is 92.7 Å². The number of aryl methyl sites for hydroxylation is 2. The van der Waals surface area contributed by atoms with E-state index in [1.807, 2.05) is 62.4 Å². The van der Waals surface area contributed by atoms with Gasteiger partial charge in [-0.3, -0.25) is 9.59 Å². The average Bonchev–Trinajstić information content (AvgIpc) is 3.11. The molecule has 8 heteroatoms. The van der Waals surface area contributed by atoms with Crippen LogP contribution in [0.2, 0.25) is 0 Å². The Bertz CT molecular complexity index is 1260. The average molecular weight is 405 g/mol. The highest BCUT2D eigenvalue weighted by Crippen LogP contribution is 2.20. The first-order valence-electron chi connectivity index (χ1n) is 9.04. The summed E-state index contributed by atoms with van der Waals surface area (Å²) in [4.78, 5) is 32.0. The van der Waals surface area contributed by atoms with Gasteiger partial charge in [-0.2, -0.15) is 5.10 Å². The summed E-state index contributed by atoms with van der Waals surface area (Å²) >= 11 is 1.17. The third kappa shape index (κ3) is 4.07. The molecule has 0 saturated heterocycles. The normalized spacial score (nSPS) is 11.0. The second-order valence-electron chi connectivity index (χ2n) is 6.66. The van der Waals surface area contributed by atoms with Gasteiger partial charge in [-0.25, -0.2) is 9.67 Å². The fraction of sp³-hybridized carbons (Fsp3) is 0.143. The molecule has 0 aliphatic heterocycles. The number of aromatic nitrogens is 4. The first-order chi connectivity index (χ1) is 14.0. The zero-order valence-electron chi connectivity index (χ0n) is 16.0. The lowest BCUT2D eigenvalue weighted by molar-refractivity contribution is -0.113. The molecule has 1 amide bonds. The molecule has 2 N–H and O–H groups in total. The second kappa shape index (κ2) is 7.92. The molecule has 0 fully saturated rings. The van der Waals surface area contributed by atoms with E-state index in [1.165, 1.54) is 18.0 Å². The van der Waals surface area contributed by atoms with E-state index < -0.39 is 0 Å². The summed E-state index contributed by atoms with van der Waals surface area (Å²) in [6, 6.07) is 15.3. The van der Waals surface area contributed by atoms with Crippen molar-refractivity contribution in [1.82, 2.24) is 19.7 Å². The maximum atomic E-state index is 12.4. The predicted molar refractivity (Wildman–Crippen MR) is 115 cm³/mol. The standard InChI is InChI=1S/C21H19N5O2S/c1-13-6-5-8-15(10-13)23-18(27)12-29-21-24-19-16(20(28)25-21)11-22-26(19)17-9-4-3-7-14(17)2/h3-11H,12H2,1-2H3,(H,23,27)(H,24,25,28). The molecule has 146 valence electrons. The molecule has 0 unspecified atom stereocenters. The summed E-state index contributed by atoms with van der Waals surface area (Å²) in [6.07, 6.45) is 1.51. The van der Waals surface area contributed by atoms with Crippen molar-refractivity contribution in [2.75, 3.05) is 11.1 Å². The number of carbonyl (C=O) groups excluding carboxylic acids is 1. The molecule has 2 aromatic heterocycles. The van der Waals surface area contributed by atoms with E-state index in [0.29, 0.717) is 16.2 Å². The van der Waals surface area contributed by atoms with Crippen molar-refractivity contribution >= 4 is 34.4 Å². The first-order valence-corrected chi connectivity index (χ1v) is 10.0. The van der Waals surface area contributed by atoms with Gasteiger partial charge in [0.1, 0.15) is 5.39 Å². The van der Waals surface area contributed by atoms with Crippen LogP contribution in [-0.2, 0) is 4.79 Å². The van der Waals surface area contributed by atoms with Crippen LogP contribution in [0.1, 0.15) is 11.1 Å². The van der Waals surface area contributed by atoms with E-state index in [1.54, 1.807) is 4.68 Å². The van der Waals surface area contributed by atoms with Crippen molar-refractivity contribution < 1.29 is 4.79 Å². The number of benzene rings is 2. The summed E-state index contributed by atoms with van der Waals surface area (Å²) in [7, 11) is 0. The number of para-hydroxylation sites is 1. The van der Waals surface area contributed by atoms with Crippen LogP contribution >= 0.6 is 11.8 Å². The van der Waals surface area contributed by atoms with Crippen LogP contribution in [0.3, 0.4) is 0 Å². The number of carbonyl (C=O) groups is 1. The monoisotopic (exact) mass is 405 g/mol. The smallest absolute Gasteiger partial charge is 0.262 e. The molecule has 2 heterocycles. The van der Waals surface area contributed by atoms with Gasteiger partial charge in [0.05, 0.1) is 17.6 Å². The van der Waals surface area contributed by atoms with E-state index in [4.69, 9.17) is 0 Å². The molecule has 0 bridgehead atoms. The lowest BCUT2D eigenvalue weighted by atomic mass is 10.2. The van der Waals surface area contributed by atoms with Crippen molar-refractivity contribution in [2.45, 2.75) is 19.0 Å². The minimum Gasteiger partial charge on any atom is -0.325 e. The van der Waals surface area contributed by atoms with Gasteiger partial charge in [-0.05, 0) is 43.2 Å². The molecule has 4 rings (SSSR count). The number of anilines is 1. The van der Waals surface area contributed by atoms with Gasteiger partial charge >= 0.3 is 0 Å². The number of hydrogen-bond donors (Lipinski definition) is 2. The van der Waals surface area contributed by atoms with Gasteiger partial charge in [0.15, 0.2) is 10.8 Å². The van der Waals surface area contributed by atoms with E-state index in [0.717, 1.165) is 22.5 Å². The molecular weight excluding hydrogens is 386 g/mol. The largest absolute Gasteiger partial charge is 0.325 e. The van der Waals surface area contributed by atoms with Crippen molar-refractivity contribution in [3.05, 3.63) is 76.2 Å². The fourth-order valence-electron chi connectivity index (χ4n) is 3.00. The first kappa shape index (κ1) is 18.9. The highest BCUT2D eigenvalue weighted by atomic mass is 32.2. The molecule has 0 radical (unpaired) electrons. The molecule has 0 aliphatic rings. The Morgan fingerprint density at radius 2 is 2.00 bits per heavy atom. The lowest BCUT2D eigenvalue weighted by Gasteiger charge is -2.07. The number of nitrogens with one attached hydrogen (secondary N) is 2. The Labute approximate surface area is 171 Å². The minimum absolute atomic E-state index is 0.126. The Hall–Kier alpha value is -3.39. The number of thioether (sulfide) groups is 1. The molecule has 4 aromatic rings. The lowest BCUT2D eigenvalue weighted by Crippen LogP contribution is -2.15. The van der Waals surface area contributed by atoms with Crippen LogP contribution < -0.4 is 10.9 Å². The Morgan fingerprint density at radius 3 is 2.79 bits per heavy atom. The van der Waals surface area contributed by atoms with Crippen LogP contribution in [-0.4, -0.2) is 31.4 Å². The number of aromatic amines is 1. The van der Waals surface area contributed by atoms with Crippen molar-refractivity contribution in [3.63, 3.8) is 0 Å². The maximum Gasteiger partial charge on any atom is 0.262 e. The summed E-state index contributed by atoms with van der Waals surface area (Å²) < 4.78 is 1.65. The zero-order valence-corrected chi connectivity index (χ0v) is 16.8.